The fourth-order valence-corrected chi connectivity index (χ4v) is 0.535. The van der Waals surface area contributed by atoms with Gasteiger partial charge in [0.05, 0.1) is 18.6 Å². The van der Waals surface area contributed by atoms with Gasteiger partial charge < -0.3 is 4.18 Å². The summed E-state index contributed by atoms with van der Waals surface area (Å²) in [6.07, 6.45) is 1.55. The van der Waals surface area contributed by atoms with Gasteiger partial charge in [0.25, 0.3) is 0 Å². The minimum absolute atomic E-state index is 0.354. The summed E-state index contributed by atoms with van der Waals surface area (Å²) < 4.78 is 4.14. The van der Waals surface area contributed by atoms with E-state index in [9.17, 15) is 4.79 Å². The molecule has 0 aromatic rings. The molecule has 8 heavy (non-hydrogen) atoms. The monoisotopic (exact) mass is 149 g/mol. The molecular formula is C4H5O2S2. The molecule has 4 heteroatoms. The zero-order valence-corrected chi connectivity index (χ0v) is 5.76. The Balaban J connectivity index is 2.93. The highest BCUT2D eigenvalue weighted by Crippen LogP contribution is 2.07. The van der Waals surface area contributed by atoms with Gasteiger partial charge in [0, 0.05) is 0 Å². The highest BCUT2D eigenvalue weighted by molar-refractivity contribution is 8.29. The van der Waals surface area contributed by atoms with Crippen LogP contribution in [0.2, 0.25) is 0 Å². The van der Waals surface area contributed by atoms with E-state index < -0.39 is 4.45 Å². The smallest absolute Gasteiger partial charge is 0.303 e. The van der Waals surface area contributed by atoms with Gasteiger partial charge in [-0.2, -0.15) is 0 Å². The average Bonchev–Trinajstić information content (AvgIpc) is 1.66. The Morgan fingerprint density at radius 2 is 2.62 bits per heavy atom. The Kier molecular flexibility index (Phi) is 5.05. The van der Waals surface area contributed by atoms with Crippen molar-refractivity contribution in [3.05, 3.63) is 12.7 Å². The Morgan fingerprint density at radius 3 is 3.00 bits per heavy atom. The molecule has 0 N–H and O–H groups in total. The molecule has 0 saturated carbocycles. The van der Waals surface area contributed by atoms with E-state index in [1.807, 2.05) is 0 Å². The van der Waals surface area contributed by atoms with Gasteiger partial charge in [-0.1, -0.05) is 6.08 Å². The molecule has 0 saturated heterocycles. The lowest BCUT2D eigenvalue weighted by Crippen LogP contribution is -1.80. The van der Waals surface area contributed by atoms with Crippen molar-refractivity contribution in [3.8, 4) is 0 Å². The Bertz CT molecular complexity index is 92.0. The summed E-state index contributed by atoms with van der Waals surface area (Å²) in [5.74, 6) is 0. The van der Waals surface area contributed by atoms with Crippen LogP contribution < -0.4 is 0 Å². The predicted octanol–water partition coefficient (Wildman–Crippen LogP) is 2.15. The molecule has 0 atom stereocenters. The van der Waals surface area contributed by atoms with Crippen molar-refractivity contribution in [2.45, 2.75) is 0 Å². The summed E-state index contributed by atoms with van der Waals surface area (Å²) in [4.78, 5) is 9.94. The molecule has 0 aromatic heterocycles. The maximum Gasteiger partial charge on any atom is 0.303 e. The summed E-state index contributed by atoms with van der Waals surface area (Å²) >= 11 is 4.82. The zero-order valence-electron chi connectivity index (χ0n) is 4.12. The standard InChI is InChI=1S/C4H5O2S2/c1-2-3-6-8-4(5)7/h2H,1,3H2. The van der Waals surface area contributed by atoms with E-state index in [4.69, 9.17) is 0 Å². The zero-order chi connectivity index (χ0) is 6.41. The molecule has 0 heterocycles. The lowest BCUT2D eigenvalue weighted by molar-refractivity contribution is 0.275. The predicted molar refractivity (Wildman–Crippen MR) is 36.7 cm³/mol. The molecule has 0 rings (SSSR count). The van der Waals surface area contributed by atoms with E-state index in [2.05, 4.69) is 23.4 Å². The van der Waals surface area contributed by atoms with Gasteiger partial charge in [0.2, 0.25) is 0 Å². The maximum atomic E-state index is 9.94. The molecule has 0 aromatic carbocycles. The molecule has 0 aliphatic rings. The van der Waals surface area contributed by atoms with E-state index >= 15 is 0 Å². The van der Waals surface area contributed by atoms with Crippen LogP contribution in [-0.2, 0) is 4.18 Å². The fraction of sp³-hybridized carbons (Fsp3) is 0.250. The highest BCUT2D eigenvalue weighted by atomic mass is 32.2. The second-order valence-corrected chi connectivity index (χ2v) is 2.31. The van der Waals surface area contributed by atoms with Crippen LogP contribution >= 0.6 is 24.7 Å². The molecule has 0 aliphatic carbocycles. The summed E-state index contributed by atoms with van der Waals surface area (Å²) in [6.45, 7) is 3.73. The van der Waals surface area contributed by atoms with Crippen LogP contribution in [0.3, 0.4) is 0 Å². The third-order valence-electron chi connectivity index (χ3n) is 0.313. The van der Waals surface area contributed by atoms with Crippen molar-refractivity contribution in [3.63, 3.8) is 0 Å². The van der Waals surface area contributed by atoms with Gasteiger partial charge in [-0.3, -0.25) is 4.79 Å². The molecule has 2 nitrogen and oxygen atoms in total. The first-order valence-corrected chi connectivity index (χ1v) is 3.03. The van der Waals surface area contributed by atoms with Gasteiger partial charge in [0.1, 0.15) is 0 Å². The number of hydrogen-bond acceptors (Lipinski definition) is 3. The molecule has 1 radical (unpaired) electrons. The highest BCUT2D eigenvalue weighted by Gasteiger charge is 1.93. The van der Waals surface area contributed by atoms with Crippen molar-refractivity contribution >= 4 is 29.1 Å². The van der Waals surface area contributed by atoms with Crippen molar-refractivity contribution in [2.24, 2.45) is 0 Å². The molecular weight excluding hydrogens is 144 g/mol. The minimum Gasteiger partial charge on any atom is -0.303 e. The van der Waals surface area contributed by atoms with E-state index in [-0.39, 0.29) is 0 Å². The molecule has 45 valence electrons. The van der Waals surface area contributed by atoms with Crippen LogP contribution in [0.25, 0.3) is 0 Å². The minimum atomic E-state index is -0.452. The van der Waals surface area contributed by atoms with Crippen molar-refractivity contribution in [1.82, 2.24) is 0 Å². The van der Waals surface area contributed by atoms with Gasteiger partial charge in [0.15, 0.2) is 0 Å². The van der Waals surface area contributed by atoms with Crippen LogP contribution in [0.5, 0.6) is 0 Å². The topological polar surface area (TPSA) is 26.3 Å². The molecule has 0 aliphatic heterocycles. The van der Waals surface area contributed by atoms with E-state index in [0.29, 0.717) is 18.6 Å². The van der Waals surface area contributed by atoms with Gasteiger partial charge in [-0.05, 0) is 12.6 Å². The lowest BCUT2D eigenvalue weighted by Gasteiger charge is -1.88. The summed E-state index contributed by atoms with van der Waals surface area (Å²) in [5, 5.41) is 0. The number of rotatable bonds is 3. The largest absolute Gasteiger partial charge is 0.303 e. The first kappa shape index (κ1) is 7.94. The summed E-state index contributed by atoms with van der Waals surface area (Å²) in [7, 11) is 0. The average molecular weight is 149 g/mol. The second kappa shape index (κ2) is 5.08. The van der Waals surface area contributed by atoms with Crippen LogP contribution in [0.1, 0.15) is 0 Å². The number of carbonyl (C=O) groups is 1. The van der Waals surface area contributed by atoms with Crippen LogP contribution in [0.4, 0.5) is 4.79 Å². The summed E-state index contributed by atoms with van der Waals surface area (Å²) in [6, 6.07) is 0. The summed E-state index contributed by atoms with van der Waals surface area (Å²) in [5.41, 5.74) is 0. The molecule has 0 amide bonds. The van der Waals surface area contributed by atoms with Gasteiger partial charge >= 0.3 is 4.45 Å². The quantitative estimate of drug-likeness (QED) is 0.349. The van der Waals surface area contributed by atoms with Crippen molar-refractivity contribution in [1.29, 1.82) is 0 Å². The first-order chi connectivity index (χ1) is 3.77. The third kappa shape index (κ3) is 5.94. The molecule has 0 spiro atoms. The SMILES string of the molecule is C=CCOSC(=O)[S]. The van der Waals surface area contributed by atoms with E-state index in [1.54, 1.807) is 6.08 Å². The van der Waals surface area contributed by atoms with Crippen molar-refractivity contribution < 1.29 is 8.98 Å². The van der Waals surface area contributed by atoms with E-state index in [0.717, 1.165) is 0 Å². The van der Waals surface area contributed by atoms with Gasteiger partial charge in [-0.15, -0.1) is 6.58 Å². The number of carbonyl (C=O) groups excluding carboxylic acids is 1. The fourth-order valence-electron chi connectivity index (χ4n) is 0.130. The normalized spacial score (nSPS) is 8.50. The maximum absolute atomic E-state index is 9.94. The van der Waals surface area contributed by atoms with E-state index in [1.165, 1.54) is 0 Å². The van der Waals surface area contributed by atoms with Crippen LogP contribution in [0, 0.1) is 0 Å². The third-order valence-corrected chi connectivity index (χ3v) is 0.907. The Hall–Kier alpha value is -0.0600. The van der Waals surface area contributed by atoms with Crippen LogP contribution in [0.15, 0.2) is 12.7 Å². The first-order valence-electron chi connectivity index (χ1n) is 1.88. The van der Waals surface area contributed by atoms with Crippen LogP contribution in [-0.4, -0.2) is 11.1 Å². The lowest BCUT2D eigenvalue weighted by atomic mass is 10.7. The number of hydrogen-bond donors (Lipinski definition) is 0. The molecule has 0 bridgehead atoms. The second-order valence-electron chi connectivity index (χ2n) is 0.907. The molecule has 0 fully saturated rings. The molecule has 0 unspecified atom stereocenters. The van der Waals surface area contributed by atoms with Gasteiger partial charge in [-0.25, -0.2) is 0 Å². The Morgan fingerprint density at radius 1 is 2.00 bits per heavy atom. The van der Waals surface area contributed by atoms with Crippen molar-refractivity contribution in [2.75, 3.05) is 6.61 Å². The Labute approximate surface area is 57.9 Å².